The van der Waals surface area contributed by atoms with Crippen LogP contribution in [0.2, 0.25) is 0 Å². The zero-order valence-corrected chi connectivity index (χ0v) is 21.9. The Hall–Kier alpha value is -2.77. The van der Waals surface area contributed by atoms with Crippen molar-refractivity contribution in [2.45, 2.75) is 64.1 Å². The van der Waals surface area contributed by atoms with Crippen LogP contribution >= 0.6 is 0 Å². The van der Waals surface area contributed by atoms with Gasteiger partial charge in [-0.25, -0.2) is 4.39 Å². The molecule has 6 nitrogen and oxygen atoms in total. The highest BCUT2D eigenvalue weighted by atomic mass is 19.1. The molecule has 200 valence electrons. The third-order valence-electron chi connectivity index (χ3n) is 8.12. The van der Waals surface area contributed by atoms with E-state index in [0.717, 1.165) is 37.8 Å². The number of nitrogens with zero attached hydrogens (tertiary/aromatic N) is 2. The van der Waals surface area contributed by atoms with Gasteiger partial charge < -0.3 is 16.0 Å². The molecule has 2 amide bonds. The summed E-state index contributed by atoms with van der Waals surface area (Å²) < 4.78 is 13.5. The van der Waals surface area contributed by atoms with Crippen molar-refractivity contribution in [2.24, 2.45) is 17.6 Å². The van der Waals surface area contributed by atoms with E-state index in [1.165, 1.54) is 24.1 Å². The van der Waals surface area contributed by atoms with Gasteiger partial charge in [0.05, 0.1) is 0 Å². The molecule has 2 aromatic rings. The van der Waals surface area contributed by atoms with E-state index in [-0.39, 0.29) is 23.7 Å². The van der Waals surface area contributed by atoms with Gasteiger partial charge in [0.1, 0.15) is 11.9 Å². The number of rotatable bonds is 10. The summed E-state index contributed by atoms with van der Waals surface area (Å²) in [6.07, 6.45) is 5.97. The van der Waals surface area contributed by atoms with Crippen molar-refractivity contribution in [1.29, 1.82) is 0 Å². The molecule has 2 aromatic carbocycles. The second-order valence-electron chi connectivity index (χ2n) is 10.8. The van der Waals surface area contributed by atoms with Crippen molar-refractivity contribution >= 4 is 11.8 Å². The van der Waals surface area contributed by atoms with Gasteiger partial charge >= 0.3 is 0 Å². The van der Waals surface area contributed by atoms with E-state index >= 15 is 0 Å². The molecule has 2 aliphatic rings. The zero-order valence-electron chi connectivity index (χ0n) is 21.9. The molecule has 0 spiro atoms. The smallest absolute Gasteiger partial charge is 0.242 e. The van der Waals surface area contributed by atoms with E-state index < -0.39 is 6.04 Å². The molecule has 1 heterocycles. The predicted molar refractivity (Wildman–Crippen MR) is 144 cm³/mol. The van der Waals surface area contributed by atoms with Crippen LogP contribution in [0.3, 0.4) is 0 Å². The first-order chi connectivity index (χ1) is 17.9. The van der Waals surface area contributed by atoms with Crippen LogP contribution in [-0.2, 0) is 22.6 Å². The molecule has 1 aliphatic heterocycles. The van der Waals surface area contributed by atoms with Crippen LogP contribution in [0.15, 0.2) is 54.6 Å². The lowest BCUT2D eigenvalue weighted by atomic mass is 9.81. The molecular formula is C30H41FN4O2. The number of nitrogens with two attached hydrogens (primary N) is 1. The number of nitrogens with one attached hydrogen (secondary N) is 1. The van der Waals surface area contributed by atoms with Gasteiger partial charge in [-0.3, -0.25) is 14.5 Å². The Labute approximate surface area is 220 Å². The topological polar surface area (TPSA) is 78.7 Å². The number of hydrogen-bond donors (Lipinski definition) is 2. The van der Waals surface area contributed by atoms with Crippen LogP contribution in [-0.4, -0.2) is 59.9 Å². The lowest BCUT2D eigenvalue weighted by Crippen LogP contribution is -2.46. The number of hydrogen-bond acceptors (Lipinski definition) is 4. The lowest BCUT2D eigenvalue weighted by Gasteiger charge is -2.29. The lowest BCUT2D eigenvalue weighted by molar-refractivity contribution is -0.137. The first kappa shape index (κ1) is 27.3. The third kappa shape index (κ3) is 7.62. The summed E-state index contributed by atoms with van der Waals surface area (Å²) >= 11 is 0. The van der Waals surface area contributed by atoms with Gasteiger partial charge in [-0.1, -0.05) is 48.9 Å². The standard InChI is InChI=1S/C30H41FN4O2/c1-22(36)35-21-28(17-29(35)30(37)33-19-26-9-5-8-25(16-26)18-32)34(15-14-23-6-3-2-4-7-23)20-24-10-12-27(31)13-11-24/h2-4,6-7,10-13,25-26,28-29H,5,8-9,14-21,32H2,1H3,(H,33,37). The van der Waals surface area contributed by atoms with Crippen molar-refractivity contribution in [3.05, 3.63) is 71.5 Å². The maximum absolute atomic E-state index is 13.5. The number of carbonyl (C=O) groups excluding carboxylic acids is 2. The molecule has 3 N–H and O–H groups in total. The Balaban J connectivity index is 1.43. The Kier molecular flexibility index (Phi) is 9.69. The van der Waals surface area contributed by atoms with Crippen molar-refractivity contribution in [2.75, 3.05) is 26.2 Å². The quantitative estimate of drug-likeness (QED) is 0.513. The van der Waals surface area contributed by atoms with E-state index in [0.29, 0.717) is 44.4 Å². The normalized spacial score (nSPS) is 23.8. The summed E-state index contributed by atoms with van der Waals surface area (Å²) in [6.45, 7) is 4.84. The zero-order chi connectivity index (χ0) is 26.2. The van der Waals surface area contributed by atoms with E-state index in [1.807, 2.05) is 30.3 Å². The second-order valence-corrected chi connectivity index (χ2v) is 10.8. The third-order valence-corrected chi connectivity index (χ3v) is 8.12. The Bertz CT molecular complexity index is 1020. The average molecular weight is 509 g/mol. The minimum Gasteiger partial charge on any atom is -0.354 e. The maximum Gasteiger partial charge on any atom is 0.242 e. The van der Waals surface area contributed by atoms with Gasteiger partial charge in [-0.2, -0.15) is 0 Å². The van der Waals surface area contributed by atoms with Crippen molar-refractivity contribution in [3.63, 3.8) is 0 Å². The molecule has 7 heteroatoms. The summed E-state index contributed by atoms with van der Waals surface area (Å²) in [5, 5.41) is 3.16. The van der Waals surface area contributed by atoms with E-state index in [1.54, 1.807) is 11.8 Å². The molecule has 1 saturated carbocycles. The Morgan fingerprint density at radius 1 is 1.03 bits per heavy atom. The fraction of sp³-hybridized carbons (Fsp3) is 0.533. The number of benzene rings is 2. The molecule has 0 aromatic heterocycles. The van der Waals surface area contributed by atoms with Crippen molar-refractivity contribution in [3.8, 4) is 0 Å². The van der Waals surface area contributed by atoms with Crippen molar-refractivity contribution in [1.82, 2.24) is 15.1 Å². The summed E-state index contributed by atoms with van der Waals surface area (Å²) in [4.78, 5) is 29.9. The summed E-state index contributed by atoms with van der Waals surface area (Å²) in [5.74, 6) is 0.612. The van der Waals surface area contributed by atoms with Crippen LogP contribution in [0.1, 0.15) is 50.2 Å². The molecule has 1 aliphatic carbocycles. The highest BCUT2D eigenvalue weighted by Gasteiger charge is 2.40. The monoisotopic (exact) mass is 508 g/mol. The second kappa shape index (κ2) is 13.2. The average Bonchev–Trinajstić information content (AvgIpc) is 3.37. The molecule has 4 atom stereocenters. The Morgan fingerprint density at radius 2 is 1.76 bits per heavy atom. The Morgan fingerprint density at radius 3 is 2.46 bits per heavy atom. The SMILES string of the molecule is CC(=O)N1CC(N(CCc2ccccc2)Cc2ccc(F)cc2)CC1C(=O)NCC1CCCC(CN)C1. The van der Waals surface area contributed by atoms with Crippen LogP contribution < -0.4 is 11.1 Å². The molecule has 2 fully saturated rings. The number of likely N-dealkylation sites (tertiary alicyclic amines) is 1. The van der Waals surface area contributed by atoms with E-state index in [4.69, 9.17) is 5.73 Å². The summed E-state index contributed by atoms with van der Waals surface area (Å²) in [5.41, 5.74) is 8.14. The largest absolute Gasteiger partial charge is 0.354 e. The molecule has 4 unspecified atom stereocenters. The van der Waals surface area contributed by atoms with Gasteiger partial charge in [0.15, 0.2) is 0 Å². The number of halogens is 1. The molecule has 37 heavy (non-hydrogen) atoms. The van der Waals surface area contributed by atoms with Gasteiger partial charge in [0.25, 0.3) is 0 Å². The van der Waals surface area contributed by atoms with Crippen LogP contribution in [0.25, 0.3) is 0 Å². The minimum absolute atomic E-state index is 0.0460. The van der Waals surface area contributed by atoms with Crippen LogP contribution in [0.5, 0.6) is 0 Å². The molecule has 1 saturated heterocycles. The first-order valence-electron chi connectivity index (χ1n) is 13.7. The molecule has 4 rings (SSSR count). The van der Waals surface area contributed by atoms with E-state index in [9.17, 15) is 14.0 Å². The first-order valence-corrected chi connectivity index (χ1v) is 13.7. The van der Waals surface area contributed by atoms with E-state index in [2.05, 4.69) is 22.3 Å². The summed E-state index contributed by atoms with van der Waals surface area (Å²) in [6, 6.07) is 16.5. The fourth-order valence-electron chi connectivity index (χ4n) is 5.97. The number of amides is 2. The molecular weight excluding hydrogens is 467 g/mol. The van der Waals surface area contributed by atoms with Crippen molar-refractivity contribution < 1.29 is 14.0 Å². The van der Waals surface area contributed by atoms with Gasteiger partial charge in [-0.15, -0.1) is 0 Å². The highest BCUT2D eigenvalue weighted by Crippen LogP contribution is 2.29. The molecule has 0 bridgehead atoms. The fourth-order valence-corrected chi connectivity index (χ4v) is 5.97. The van der Waals surface area contributed by atoms with Gasteiger partial charge in [-0.05, 0) is 73.7 Å². The predicted octanol–water partition coefficient (Wildman–Crippen LogP) is 3.74. The molecule has 0 radical (unpaired) electrons. The number of carbonyl (C=O) groups is 2. The van der Waals surface area contributed by atoms with Gasteiger partial charge in [0, 0.05) is 39.1 Å². The van der Waals surface area contributed by atoms with Crippen LogP contribution in [0.4, 0.5) is 4.39 Å². The summed E-state index contributed by atoms with van der Waals surface area (Å²) in [7, 11) is 0. The maximum atomic E-state index is 13.5. The van der Waals surface area contributed by atoms with Gasteiger partial charge in [0.2, 0.25) is 11.8 Å². The minimum atomic E-state index is -0.469. The highest BCUT2D eigenvalue weighted by molar-refractivity contribution is 5.87. The van der Waals surface area contributed by atoms with Crippen LogP contribution in [0, 0.1) is 17.7 Å².